The third-order valence-electron chi connectivity index (χ3n) is 1.68. The standard InChI is InChI=1S/C11H22O3Si/c1-11(2,3)8-6-7-9(10(12)13)14-15(4)5/h6,8-9,15H,7H2,1-5H3,(H,12,13). The molecule has 0 aromatic heterocycles. The molecule has 0 fully saturated rings. The van der Waals surface area contributed by atoms with Crippen LogP contribution < -0.4 is 0 Å². The van der Waals surface area contributed by atoms with Crippen molar-refractivity contribution in [2.75, 3.05) is 0 Å². The van der Waals surface area contributed by atoms with Crippen molar-refractivity contribution in [3.05, 3.63) is 12.2 Å². The van der Waals surface area contributed by atoms with E-state index < -0.39 is 21.1 Å². The summed E-state index contributed by atoms with van der Waals surface area (Å²) in [5.41, 5.74) is 0.0955. The molecule has 88 valence electrons. The second-order valence-electron chi connectivity index (χ2n) is 5.02. The summed E-state index contributed by atoms with van der Waals surface area (Å²) in [6, 6.07) is 0. The number of hydrogen-bond acceptors (Lipinski definition) is 2. The molecule has 1 unspecified atom stereocenters. The van der Waals surface area contributed by atoms with Gasteiger partial charge >= 0.3 is 5.97 Å². The van der Waals surface area contributed by atoms with Crippen molar-refractivity contribution in [1.29, 1.82) is 0 Å². The lowest BCUT2D eigenvalue weighted by Gasteiger charge is -2.16. The molecule has 0 amide bonds. The highest BCUT2D eigenvalue weighted by Gasteiger charge is 2.18. The van der Waals surface area contributed by atoms with Gasteiger partial charge in [0.05, 0.1) is 0 Å². The number of allylic oxidation sites excluding steroid dienone is 1. The Kier molecular flexibility index (Phi) is 5.83. The molecule has 0 aromatic rings. The lowest BCUT2D eigenvalue weighted by atomic mass is 9.96. The van der Waals surface area contributed by atoms with Gasteiger partial charge in [-0.3, -0.25) is 0 Å². The fourth-order valence-electron chi connectivity index (χ4n) is 1.09. The molecule has 0 rings (SSSR count). The van der Waals surface area contributed by atoms with Crippen LogP contribution in [0, 0.1) is 5.41 Å². The highest BCUT2D eigenvalue weighted by atomic mass is 28.3. The molecular formula is C11H22O3Si. The quantitative estimate of drug-likeness (QED) is 0.583. The van der Waals surface area contributed by atoms with Gasteiger partial charge in [0, 0.05) is 6.42 Å². The molecule has 0 aliphatic heterocycles. The highest BCUT2D eigenvalue weighted by Crippen LogP contribution is 2.15. The number of hydrogen-bond donors (Lipinski definition) is 1. The summed E-state index contributed by atoms with van der Waals surface area (Å²) in [4.78, 5) is 10.9. The molecule has 0 radical (unpaired) electrons. The first-order valence-corrected chi connectivity index (χ1v) is 8.06. The lowest BCUT2D eigenvalue weighted by molar-refractivity contribution is -0.145. The zero-order chi connectivity index (χ0) is 12.1. The Morgan fingerprint density at radius 1 is 1.47 bits per heavy atom. The predicted octanol–water partition coefficient (Wildman–Crippen LogP) is 2.43. The Balaban J connectivity index is 4.19. The molecule has 0 heterocycles. The van der Waals surface area contributed by atoms with Gasteiger partial charge in [-0.15, -0.1) is 0 Å². The molecule has 0 aromatic carbocycles. The van der Waals surface area contributed by atoms with Crippen LogP contribution in [0.2, 0.25) is 13.1 Å². The van der Waals surface area contributed by atoms with E-state index in [1.807, 2.05) is 25.2 Å². The number of carboxylic acid groups (broad SMARTS) is 1. The Morgan fingerprint density at radius 2 is 2.00 bits per heavy atom. The molecule has 1 N–H and O–H groups in total. The monoisotopic (exact) mass is 230 g/mol. The normalized spacial score (nSPS) is 14.8. The van der Waals surface area contributed by atoms with Crippen molar-refractivity contribution >= 4 is 15.0 Å². The first-order chi connectivity index (χ1) is 6.72. The van der Waals surface area contributed by atoms with Crippen LogP contribution in [0.15, 0.2) is 12.2 Å². The fraction of sp³-hybridized carbons (Fsp3) is 0.727. The van der Waals surface area contributed by atoms with Crippen molar-refractivity contribution in [1.82, 2.24) is 0 Å². The van der Waals surface area contributed by atoms with E-state index in [1.54, 1.807) is 0 Å². The Bertz CT molecular complexity index is 228. The van der Waals surface area contributed by atoms with Gasteiger partial charge in [0.2, 0.25) is 0 Å². The van der Waals surface area contributed by atoms with Crippen molar-refractivity contribution in [3.63, 3.8) is 0 Å². The summed E-state index contributed by atoms with van der Waals surface area (Å²) < 4.78 is 5.41. The van der Waals surface area contributed by atoms with Crippen LogP contribution in [-0.2, 0) is 9.22 Å². The third kappa shape index (κ3) is 8.39. The van der Waals surface area contributed by atoms with Gasteiger partial charge in [-0.05, 0) is 18.5 Å². The summed E-state index contributed by atoms with van der Waals surface area (Å²) >= 11 is 0. The molecular weight excluding hydrogens is 208 g/mol. The molecule has 0 aliphatic carbocycles. The number of carboxylic acids is 1. The van der Waals surface area contributed by atoms with Gasteiger partial charge in [-0.1, -0.05) is 32.9 Å². The maximum atomic E-state index is 10.9. The van der Waals surface area contributed by atoms with Crippen LogP contribution in [0.1, 0.15) is 27.2 Å². The number of rotatable bonds is 5. The average Bonchev–Trinajstić information content (AvgIpc) is 1.99. The summed E-state index contributed by atoms with van der Waals surface area (Å²) in [7, 11) is -1.28. The Morgan fingerprint density at radius 3 is 2.33 bits per heavy atom. The molecule has 0 bridgehead atoms. The molecule has 0 aliphatic rings. The van der Waals surface area contributed by atoms with Crippen molar-refractivity contribution in [3.8, 4) is 0 Å². The third-order valence-corrected chi connectivity index (χ3v) is 2.55. The first kappa shape index (κ1) is 14.4. The van der Waals surface area contributed by atoms with E-state index in [4.69, 9.17) is 9.53 Å². The van der Waals surface area contributed by atoms with E-state index >= 15 is 0 Å². The van der Waals surface area contributed by atoms with Gasteiger partial charge in [-0.2, -0.15) is 0 Å². The summed E-state index contributed by atoms with van der Waals surface area (Å²) in [6.45, 7) is 10.2. The SMILES string of the molecule is C[SiH](C)OC(CC=CC(C)(C)C)C(=O)O. The van der Waals surface area contributed by atoms with Crippen LogP contribution in [-0.4, -0.2) is 26.2 Å². The van der Waals surface area contributed by atoms with Crippen LogP contribution in [0.25, 0.3) is 0 Å². The molecule has 0 saturated carbocycles. The summed E-state index contributed by atoms with van der Waals surface area (Å²) in [6.07, 6.45) is 3.71. The molecule has 1 atom stereocenters. The topological polar surface area (TPSA) is 46.5 Å². The van der Waals surface area contributed by atoms with Crippen LogP contribution in [0.4, 0.5) is 0 Å². The lowest BCUT2D eigenvalue weighted by Crippen LogP contribution is -2.28. The van der Waals surface area contributed by atoms with E-state index in [2.05, 4.69) is 20.8 Å². The van der Waals surface area contributed by atoms with E-state index in [9.17, 15) is 4.79 Å². The molecule has 0 spiro atoms. The number of carbonyl (C=O) groups is 1. The molecule has 15 heavy (non-hydrogen) atoms. The second kappa shape index (κ2) is 6.08. The van der Waals surface area contributed by atoms with Crippen molar-refractivity contribution in [2.24, 2.45) is 5.41 Å². The second-order valence-corrected chi connectivity index (χ2v) is 7.39. The molecule has 3 nitrogen and oxygen atoms in total. The molecule has 4 heteroatoms. The van der Waals surface area contributed by atoms with Gasteiger partial charge in [0.15, 0.2) is 9.04 Å². The first-order valence-electron chi connectivity index (χ1n) is 5.28. The minimum Gasteiger partial charge on any atom is -0.479 e. The van der Waals surface area contributed by atoms with Crippen LogP contribution in [0.3, 0.4) is 0 Å². The van der Waals surface area contributed by atoms with E-state index in [-0.39, 0.29) is 5.41 Å². The Labute approximate surface area is 93.9 Å². The minimum atomic E-state index is -1.28. The van der Waals surface area contributed by atoms with E-state index in [1.165, 1.54) is 0 Å². The van der Waals surface area contributed by atoms with Crippen LogP contribution in [0.5, 0.6) is 0 Å². The fourth-order valence-corrected chi connectivity index (χ4v) is 1.97. The van der Waals surface area contributed by atoms with Crippen LogP contribution >= 0.6 is 0 Å². The maximum Gasteiger partial charge on any atom is 0.331 e. The average molecular weight is 230 g/mol. The highest BCUT2D eigenvalue weighted by molar-refractivity contribution is 6.48. The predicted molar refractivity (Wildman–Crippen MR) is 64.6 cm³/mol. The van der Waals surface area contributed by atoms with E-state index in [0.29, 0.717) is 6.42 Å². The minimum absolute atomic E-state index is 0.0955. The Hall–Kier alpha value is -0.613. The summed E-state index contributed by atoms with van der Waals surface area (Å²) in [5.74, 6) is -0.866. The molecule has 0 saturated heterocycles. The van der Waals surface area contributed by atoms with Crippen molar-refractivity contribution in [2.45, 2.75) is 46.4 Å². The zero-order valence-corrected chi connectivity index (χ0v) is 11.4. The largest absolute Gasteiger partial charge is 0.479 e. The maximum absolute atomic E-state index is 10.9. The van der Waals surface area contributed by atoms with E-state index in [0.717, 1.165) is 0 Å². The van der Waals surface area contributed by atoms with Gasteiger partial charge < -0.3 is 9.53 Å². The smallest absolute Gasteiger partial charge is 0.331 e. The zero-order valence-electron chi connectivity index (χ0n) is 10.3. The van der Waals surface area contributed by atoms with Gasteiger partial charge in [0.25, 0.3) is 0 Å². The van der Waals surface area contributed by atoms with Crippen molar-refractivity contribution < 1.29 is 14.3 Å². The van der Waals surface area contributed by atoms with Gasteiger partial charge in [-0.25, -0.2) is 4.79 Å². The summed E-state index contributed by atoms with van der Waals surface area (Å²) in [5, 5.41) is 8.91. The number of aliphatic carboxylic acids is 1. The van der Waals surface area contributed by atoms with Gasteiger partial charge in [0.1, 0.15) is 6.10 Å².